The minimum Gasteiger partial charge on any atom is -0.283 e. The molecule has 4 aromatic rings. The number of fused-ring (bicyclic) bond motifs is 1. The van der Waals surface area contributed by atoms with Crippen molar-refractivity contribution in [3.05, 3.63) is 83.9 Å². The molecule has 0 unspecified atom stereocenters. The van der Waals surface area contributed by atoms with Crippen molar-refractivity contribution in [3.63, 3.8) is 0 Å². The van der Waals surface area contributed by atoms with Crippen molar-refractivity contribution in [2.24, 2.45) is 0 Å². The summed E-state index contributed by atoms with van der Waals surface area (Å²) >= 11 is 3.11. The summed E-state index contributed by atoms with van der Waals surface area (Å²) in [5.74, 6) is -0.473. The van der Waals surface area contributed by atoms with E-state index < -0.39 is 0 Å². The molecule has 0 N–H and O–H groups in total. The van der Waals surface area contributed by atoms with Crippen LogP contribution in [0.25, 0.3) is 10.2 Å². The molecule has 0 fully saturated rings. The van der Waals surface area contributed by atoms with Gasteiger partial charge in [-0.15, -0.1) is 11.8 Å². The first-order chi connectivity index (χ1) is 15.0. The number of carbonyl (C=O) groups excluding carboxylic acids is 1. The summed E-state index contributed by atoms with van der Waals surface area (Å²) in [6.45, 7) is 4.63. The van der Waals surface area contributed by atoms with Crippen molar-refractivity contribution >= 4 is 44.4 Å². The third kappa shape index (κ3) is 5.29. The number of pyridine rings is 1. The molecule has 158 valence electrons. The average Bonchev–Trinajstić information content (AvgIpc) is 3.19. The largest absolute Gasteiger partial charge is 0.283 e. The Bertz CT molecular complexity index is 1180. The normalized spacial score (nSPS) is 11.2. The van der Waals surface area contributed by atoms with Gasteiger partial charge in [-0.1, -0.05) is 49.4 Å². The van der Waals surface area contributed by atoms with E-state index in [4.69, 9.17) is 0 Å². The molecule has 0 aliphatic heterocycles. The fourth-order valence-electron chi connectivity index (χ4n) is 3.18. The molecule has 31 heavy (non-hydrogen) atoms. The number of anilines is 1. The van der Waals surface area contributed by atoms with Crippen LogP contribution < -0.4 is 4.90 Å². The zero-order chi connectivity index (χ0) is 21.8. The zero-order valence-electron chi connectivity index (χ0n) is 17.3. The van der Waals surface area contributed by atoms with Gasteiger partial charge < -0.3 is 0 Å². The summed E-state index contributed by atoms with van der Waals surface area (Å²) in [4.78, 5) is 24.7. The van der Waals surface area contributed by atoms with Gasteiger partial charge in [0.15, 0.2) is 5.13 Å². The van der Waals surface area contributed by atoms with E-state index in [9.17, 15) is 9.18 Å². The Morgan fingerprint density at radius 1 is 1.10 bits per heavy atom. The van der Waals surface area contributed by atoms with E-state index >= 15 is 0 Å². The lowest BCUT2D eigenvalue weighted by molar-refractivity contribution is -0.118. The van der Waals surface area contributed by atoms with Gasteiger partial charge in [0.1, 0.15) is 11.3 Å². The summed E-state index contributed by atoms with van der Waals surface area (Å²) in [7, 11) is 0. The molecule has 4 nitrogen and oxygen atoms in total. The minimum absolute atomic E-state index is 0.0902. The summed E-state index contributed by atoms with van der Waals surface area (Å²) in [6, 6.07) is 16.7. The van der Waals surface area contributed by atoms with E-state index in [0.717, 1.165) is 11.1 Å². The van der Waals surface area contributed by atoms with Crippen LogP contribution in [0, 0.1) is 5.82 Å². The number of thioether (sulfide) groups is 1. The summed E-state index contributed by atoms with van der Waals surface area (Å²) in [5, 5.41) is 0.989. The number of benzene rings is 2. The lowest BCUT2D eigenvalue weighted by Gasteiger charge is -2.20. The predicted octanol–water partition coefficient (Wildman–Crippen LogP) is 6.11. The fraction of sp³-hybridized carbons (Fsp3) is 0.208. The highest BCUT2D eigenvalue weighted by Crippen LogP contribution is 2.31. The van der Waals surface area contributed by atoms with Crippen LogP contribution in [0.1, 0.15) is 25.0 Å². The molecule has 0 bridgehead atoms. The van der Waals surface area contributed by atoms with Crippen molar-refractivity contribution in [1.29, 1.82) is 0 Å². The molecule has 0 saturated heterocycles. The molecule has 2 aromatic heterocycles. The maximum absolute atomic E-state index is 14.2. The molecule has 0 saturated carbocycles. The quantitative estimate of drug-likeness (QED) is 0.318. The van der Waals surface area contributed by atoms with Gasteiger partial charge in [-0.3, -0.25) is 14.7 Å². The van der Waals surface area contributed by atoms with E-state index in [1.807, 2.05) is 42.5 Å². The molecule has 7 heteroatoms. The van der Waals surface area contributed by atoms with E-state index in [-0.39, 0.29) is 18.1 Å². The van der Waals surface area contributed by atoms with Gasteiger partial charge in [-0.05, 0) is 41.5 Å². The Hall–Kier alpha value is -2.77. The molecular formula is C24H22FN3OS2. The number of aromatic nitrogens is 2. The average molecular weight is 452 g/mol. The number of rotatable bonds is 7. The van der Waals surface area contributed by atoms with Gasteiger partial charge in [-0.2, -0.15) is 0 Å². The molecular weight excluding hydrogens is 429 g/mol. The van der Waals surface area contributed by atoms with Crippen LogP contribution in [-0.4, -0.2) is 21.1 Å². The second kappa shape index (κ2) is 9.58. The van der Waals surface area contributed by atoms with Crippen molar-refractivity contribution in [1.82, 2.24) is 9.97 Å². The lowest BCUT2D eigenvalue weighted by Crippen LogP contribution is -2.31. The van der Waals surface area contributed by atoms with Crippen LogP contribution in [0.3, 0.4) is 0 Å². The van der Waals surface area contributed by atoms with Crippen LogP contribution in [0.4, 0.5) is 9.52 Å². The molecule has 1 amide bonds. The highest BCUT2D eigenvalue weighted by molar-refractivity contribution is 7.99. The van der Waals surface area contributed by atoms with Crippen LogP contribution in [0.15, 0.2) is 71.9 Å². The number of hydrogen-bond acceptors (Lipinski definition) is 5. The van der Waals surface area contributed by atoms with E-state index in [1.54, 1.807) is 35.1 Å². The Kier molecular flexibility index (Phi) is 6.63. The lowest BCUT2D eigenvalue weighted by atomic mass is 10.1. The molecule has 4 rings (SSSR count). The Morgan fingerprint density at radius 2 is 1.90 bits per heavy atom. The molecule has 0 atom stereocenters. The number of amides is 1. The maximum Gasteiger partial charge on any atom is 0.233 e. The number of halogens is 1. The number of thiazole rings is 1. The van der Waals surface area contributed by atoms with Crippen LogP contribution >= 0.6 is 23.1 Å². The van der Waals surface area contributed by atoms with Crippen LogP contribution in [0.5, 0.6) is 0 Å². The minimum atomic E-state index is -0.382. The van der Waals surface area contributed by atoms with Gasteiger partial charge in [0.25, 0.3) is 0 Å². The number of carbonyl (C=O) groups is 1. The Balaban J connectivity index is 1.61. The zero-order valence-corrected chi connectivity index (χ0v) is 18.9. The van der Waals surface area contributed by atoms with Gasteiger partial charge in [-0.25, -0.2) is 9.37 Å². The first kappa shape index (κ1) is 21.5. The molecule has 0 aliphatic rings. The molecule has 0 radical (unpaired) electrons. The van der Waals surface area contributed by atoms with Gasteiger partial charge in [0.2, 0.25) is 5.91 Å². The third-order valence-electron chi connectivity index (χ3n) is 4.60. The maximum atomic E-state index is 14.2. The van der Waals surface area contributed by atoms with Gasteiger partial charge >= 0.3 is 0 Å². The highest BCUT2D eigenvalue weighted by atomic mass is 32.2. The SMILES string of the molecule is CC(C)Sc1ccc(CC(=O)N(Cc2cccnc2)c2nc3c(F)cccc3s2)cc1. The first-order valence-electron chi connectivity index (χ1n) is 9.99. The monoisotopic (exact) mass is 451 g/mol. The second-order valence-corrected chi connectivity index (χ2v) is 10.1. The predicted molar refractivity (Wildman–Crippen MR) is 126 cm³/mol. The van der Waals surface area contributed by atoms with Crippen molar-refractivity contribution in [2.75, 3.05) is 4.90 Å². The highest BCUT2D eigenvalue weighted by Gasteiger charge is 2.21. The molecule has 2 heterocycles. The second-order valence-electron chi connectivity index (χ2n) is 7.41. The van der Waals surface area contributed by atoms with Gasteiger partial charge in [0.05, 0.1) is 17.7 Å². The molecule has 0 spiro atoms. The fourth-order valence-corrected chi connectivity index (χ4v) is 5.02. The number of hydrogen-bond donors (Lipinski definition) is 0. The van der Waals surface area contributed by atoms with Crippen molar-refractivity contribution in [2.45, 2.75) is 37.0 Å². The first-order valence-corrected chi connectivity index (χ1v) is 11.7. The van der Waals surface area contributed by atoms with Crippen LogP contribution in [-0.2, 0) is 17.8 Å². The molecule has 2 aromatic carbocycles. The summed E-state index contributed by atoms with van der Waals surface area (Å²) < 4.78 is 14.9. The Morgan fingerprint density at radius 3 is 2.58 bits per heavy atom. The van der Waals surface area contributed by atoms with Gasteiger partial charge in [0, 0.05) is 22.5 Å². The third-order valence-corrected chi connectivity index (χ3v) is 6.66. The van der Waals surface area contributed by atoms with Crippen molar-refractivity contribution in [3.8, 4) is 0 Å². The summed E-state index contributed by atoms with van der Waals surface area (Å²) in [6.07, 6.45) is 3.66. The van der Waals surface area contributed by atoms with E-state index in [1.165, 1.54) is 22.3 Å². The standard InChI is InChI=1S/C24H22FN3OS2/c1-16(2)30-19-10-8-17(9-11-19)13-22(29)28(15-18-5-4-12-26-14-18)24-27-23-20(25)6-3-7-21(23)31-24/h3-12,14,16H,13,15H2,1-2H3. The van der Waals surface area contributed by atoms with E-state index in [0.29, 0.717) is 27.1 Å². The topological polar surface area (TPSA) is 46.1 Å². The van der Waals surface area contributed by atoms with Crippen molar-refractivity contribution < 1.29 is 9.18 Å². The smallest absolute Gasteiger partial charge is 0.233 e. The van der Waals surface area contributed by atoms with Crippen LogP contribution in [0.2, 0.25) is 0 Å². The number of para-hydroxylation sites is 1. The Labute approximate surface area is 189 Å². The number of nitrogens with zero attached hydrogens (tertiary/aromatic N) is 3. The summed E-state index contributed by atoms with van der Waals surface area (Å²) in [5.41, 5.74) is 2.11. The van der Waals surface area contributed by atoms with E-state index in [2.05, 4.69) is 23.8 Å². The molecule has 0 aliphatic carbocycles.